The fraction of sp³-hybridized carbons (Fsp3) is 0.125. The molecule has 0 aromatic heterocycles. The maximum atomic E-state index is 12.8. The molecule has 0 saturated carbocycles. The maximum absolute atomic E-state index is 12.8. The summed E-state index contributed by atoms with van der Waals surface area (Å²) in [4.78, 5) is 38.0. The minimum atomic E-state index is -0.304. The molecule has 3 aromatic carbocycles. The molecule has 1 amide bonds. The molecule has 0 saturated heterocycles. The summed E-state index contributed by atoms with van der Waals surface area (Å²) in [7, 11) is 0. The highest BCUT2D eigenvalue weighted by atomic mass is 16.5. The van der Waals surface area contributed by atoms with Crippen molar-refractivity contribution in [1.82, 2.24) is 0 Å². The Morgan fingerprint density at radius 2 is 1.45 bits per heavy atom. The molecule has 0 unspecified atom stereocenters. The van der Waals surface area contributed by atoms with Crippen molar-refractivity contribution in [1.29, 1.82) is 0 Å². The standard InChI is InChI=1S/C24H19NO4/c1-2-13-29-17-10-7-15(8-11-17)24(28)25-16-9-12-20-21(14-16)23(27)19-6-4-3-5-18(19)22(20)26/h3-12,14H,2,13H2,1H3,(H,25,28). The first-order chi connectivity index (χ1) is 14.1. The van der Waals surface area contributed by atoms with Gasteiger partial charge in [-0.2, -0.15) is 0 Å². The number of rotatable bonds is 5. The van der Waals surface area contributed by atoms with Crippen LogP contribution in [-0.4, -0.2) is 24.1 Å². The van der Waals surface area contributed by atoms with Crippen LogP contribution >= 0.6 is 0 Å². The summed E-state index contributed by atoms with van der Waals surface area (Å²) < 4.78 is 5.52. The Balaban J connectivity index is 1.56. The van der Waals surface area contributed by atoms with E-state index in [-0.39, 0.29) is 17.5 Å². The Labute approximate surface area is 168 Å². The van der Waals surface area contributed by atoms with Crippen molar-refractivity contribution in [2.75, 3.05) is 11.9 Å². The van der Waals surface area contributed by atoms with E-state index in [1.807, 2.05) is 6.92 Å². The molecular formula is C24H19NO4. The number of ether oxygens (including phenoxy) is 1. The zero-order valence-corrected chi connectivity index (χ0v) is 15.9. The lowest BCUT2D eigenvalue weighted by atomic mass is 9.84. The highest BCUT2D eigenvalue weighted by Gasteiger charge is 2.29. The van der Waals surface area contributed by atoms with Gasteiger partial charge in [0, 0.05) is 33.5 Å². The van der Waals surface area contributed by atoms with Gasteiger partial charge in [0.25, 0.3) is 5.91 Å². The van der Waals surface area contributed by atoms with Crippen LogP contribution in [0.2, 0.25) is 0 Å². The van der Waals surface area contributed by atoms with Crippen molar-refractivity contribution in [3.8, 4) is 5.75 Å². The smallest absolute Gasteiger partial charge is 0.255 e. The van der Waals surface area contributed by atoms with E-state index in [0.717, 1.165) is 6.42 Å². The van der Waals surface area contributed by atoms with E-state index >= 15 is 0 Å². The number of hydrogen-bond acceptors (Lipinski definition) is 4. The van der Waals surface area contributed by atoms with Gasteiger partial charge in [-0.15, -0.1) is 0 Å². The molecular weight excluding hydrogens is 366 g/mol. The minimum Gasteiger partial charge on any atom is -0.494 e. The first-order valence-electron chi connectivity index (χ1n) is 9.45. The predicted octanol–water partition coefficient (Wildman–Crippen LogP) is 4.50. The summed E-state index contributed by atoms with van der Waals surface area (Å²) in [6.45, 7) is 2.65. The Kier molecular flexibility index (Phi) is 4.96. The van der Waals surface area contributed by atoms with Crippen LogP contribution in [0.5, 0.6) is 5.75 Å². The van der Waals surface area contributed by atoms with Gasteiger partial charge in [0.05, 0.1) is 6.61 Å². The summed E-state index contributed by atoms with van der Waals surface area (Å²) in [5.74, 6) is 0.00130. The number of fused-ring (bicyclic) bond motifs is 2. The highest BCUT2D eigenvalue weighted by molar-refractivity contribution is 6.28. The van der Waals surface area contributed by atoms with Crippen LogP contribution in [0.15, 0.2) is 66.7 Å². The molecule has 0 heterocycles. The third-order valence-electron chi connectivity index (χ3n) is 4.77. The van der Waals surface area contributed by atoms with E-state index in [1.54, 1.807) is 66.7 Å². The monoisotopic (exact) mass is 385 g/mol. The molecule has 0 fully saturated rings. The fourth-order valence-corrected chi connectivity index (χ4v) is 3.30. The number of hydrogen-bond donors (Lipinski definition) is 1. The molecule has 0 aliphatic heterocycles. The van der Waals surface area contributed by atoms with Crippen LogP contribution in [-0.2, 0) is 0 Å². The van der Waals surface area contributed by atoms with E-state index in [1.165, 1.54) is 0 Å². The summed E-state index contributed by atoms with van der Waals surface area (Å²) in [6.07, 6.45) is 0.909. The number of carbonyl (C=O) groups excluding carboxylic acids is 3. The van der Waals surface area contributed by atoms with Crippen molar-refractivity contribution < 1.29 is 19.1 Å². The van der Waals surface area contributed by atoms with Gasteiger partial charge < -0.3 is 10.1 Å². The minimum absolute atomic E-state index is 0.184. The largest absolute Gasteiger partial charge is 0.494 e. The topological polar surface area (TPSA) is 72.5 Å². The van der Waals surface area contributed by atoms with Gasteiger partial charge in [-0.05, 0) is 48.9 Å². The van der Waals surface area contributed by atoms with Crippen molar-refractivity contribution in [3.05, 3.63) is 94.5 Å². The van der Waals surface area contributed by atoms with Crippen molar-refractivity contribution >= 4 is 23.2 Å². The number of nitrogens with one attached hydrogen (secondary N) is 1. The molecule has 0 radical (unpaired) electrons. The second kappa shape index (κ2) is 7.72. The molecule has 1 aliphatic carbocycles. The van der Waals surface area contributed by atoms with Gasteiger partial charge in [-0.1, -0.05) is 31.2 Å². The average molecular weight is 385 g/mol. The first kappa shape index (κ1) is 18.6. The molecule has 1 aliphatic rings. The Morgan fingerprint density at radius 3 is 2.10 bits per heavy atom. The highest BCUT2D eigenvalue weighted by Crippen LogP contribution is 2.29. The van der Waals surface area contributed by atoms with Crippen LogP contribution in [0.3, 0.4) is 0 Å². The van der Waals surface area contributed by atoms with E-state index in [0.29, 0.717) is 45.9 Å². The second-order valence-corrected chi connectivity index (χ2v) is 6.79. The zero-order valence-electron chi connectivity index (χ0n) is 15.9. The fourth-order valence-electron chi connectivity index (χ4n) is 3.30. The van der Waals surface area contributed by atoms with E-state index in [2.05, 4.69) is 5.32 Å². The number of amides is 1. The molecule has 144 valence electrons. The zero-order chi connectivity index (χ0) is 20.4. The molecule has 0 atom stereocenters. The summed E-state index contributed by atoms with van der Waals surface area (Å²) in [6, 6.07) is 18.4. The molecule has 3 aromatic rings. The van der Waals surface area contributed by atoms with E-state index in [4.69, 9.17) is 4.74 Å². The normalized spacial score (nSPS) is 12.2. The van der Waals surface area contributed by atoms with Gasteiger partial charge in [-0.25, -0.2) is 0 Å². The molecule has 4 rings (SSSR count). The molecule has 1 N–H and O–H groups in total. The van der Waals surface area contributed by atoms with Gasteiger partial charge >= 0.3 is 0 Å². The predicted molar refractivity (Wildman–Crippen MR) is 110 cm³/mol. The van der Waals surface area contributed by atoms with Crippen molar-refractivity contribution in [2.45, 2.75) is 13.3 Å². The maximum Gasteiger partial charge on any atom is 0.255 e. The first-order valence-corrected chi connectivity index (χ1v) is 9.45. The Morgan fingerprint density at radius 1 is 0.828 bits per heavy atom. The summed E-state index contributed by atoms with van der Waals surface area (Å²) in [5, 5.41) is 2.79. The van der Waals surface area contributed by atoms with E-state index < -0.39 is 0 Å². The number of carbonyl (C=O) groups is 3. The molecule has 0 bridgehead atoms. The lowest BCUT2D eigenvalue weighted by molar-refractivity contribution is 0.0979. The third kappa shape index (κ3) is 3.55. The number of ketones is 2. The SMILES string of the molecule is CCCOc1ccc(C(=O)Nc2ccc3c(c2)C(=O)c2ccccc2C3=O)cc1. The van der Waals surface area contributed by atoms with Gasteiger partial charge in [0.15, 0.2) is 11.6 Å². The van der Waals surface area contributed by atoms with Crippen LogP contribution in [0.25, 0.3) is 0 Å². The molecule has 0 spiro atoms. The lowest BCUT2D eigenvalue weighted by Gasteiger charge is -2.18. The van der Waals surface area contributed by atoms with Gasteiger partial charge in [0.1, 0.15) is 5.75 Å². The van der Waals surface area contributed by atoms with Crippen LogP contribution in [0, 0.1) is 0 Å². The molecule has 5 nitrogen and oxygen atoms in total. The van der Waals surface area contributed by atoms with Crippen LogP contribution in [0.1, 0.15) is 55.5 Å². The lowest BCUT2D eigenvalue weighted by Crippen LogP contribution is -2.21. The van der Waals surface area contributed by atoms with E-state index in [9.17, 15) is 14.4 Å². The molecule has 5 heteroatoms. The second-order valence-electron chi connectivity index (χ2n) is 6.79. The van der Waals surface area contributed by atoms with Crippen LogP contribution in [0.4, 0.5) is 5.69 Å². The Hall–Kier alpha value is -3.73. The van der Waals surface area contributed by atoms with Crippen LogP contribution < -0.4 is 10.1 Å². The quantitative estimate of drug-likeness (QED) is 0.549. The van der Waals surface area contributed by atoms with Crippen molar-refractivity contribution in [2.24, 2.45) is 0 Å². The summed E-state index contributed by atoms with van der Waals surface area (Å²) in [5.41, 5.74) is 2.38. The number of benzene rings is 3. The van der Waals surface area contributed by atoms with Gasteiger partial charge in [0.2, 0.25) is 0 Å². The molecule has 29 heavy (non-hydrogen) atoms. The van der Waals surface area contributed by atoms with Gasteiger partial charge in [-0.3, -0.25) is 14.4 Å². The summed E-state index contributed by atoms with van der Waals surface area (Å²) >= 11 is 0. The number of anilines is 1. The average Bonchev–Trinajstić information content (AvgIpc) is 2.76. The Bertz CT molecular complexity index is 1120. The third-order valence-corrected chi connectivity index (χ3v) is 4.77. The van der Waals surface area contributed by atoms with Crippen molar-refractivity contribution in [3.63, 3.8) is 0 Å².